The van der Waals surface area contributed by atoms with Crippen LogP contribution in [0.3, 0.4) is 0 Å². The molecule has 2 aromatic rings. The van der Waals surface area contributed by atoms with E-state index in [1.807, 2.05) is 39.8 Å². The molecule has 0 saturated carbocycles. The Kier molecular flexibility index (Phi) is 3.64. The van der Waals surface area contributed by atoms with E-state index in [9.17, 15) is 4.79 Å². The van der Waals surface area contributed by atoms with Gasteiger partial charge >= 0.3 is 0 Å². The molecule has 2 heterocycles. The molecule has 1 aromatic carbocycles. The highest BCUT2D eigenvalue weighted by Crippen LogP contribution is 2.30. The molecule has 0 radical (unpaired) electrons. The Morgan fingerprint density at radius 3 is 2.64 bits per heavy atom. The Bertz CT molecular complexity index is 774. The van der Waals surface area contributed by atoms with Gasteiger partial charge in [-0.1, -0.05) is 17.3 Å². The van der Waals surface area contributed by atoms with Crippen LogP contribution in [-0.2, 0) is 4.84 Å². The van der Waals surface area contributed by atoms with Crippen LogP contribution in [0.5, 0.6) is 0 Å². The first-order valence-corrected chi connectivity index (χ1v) is 7.44. The number of nitrogens with zero attached hydrogens (tertiary/aromatic N) is 1. The molecule has 1 N–H and O–H groups in total. The van der Waals surface area contributed by atoms with E-state index in [0.29, 0.717) is 12.3 Å². The van der Waals surface area contributed by atoms with Gasteiger partial charge in [0.2, 0.25) is 0 Å². The standard InChI is InChI=1S/C17H20N2O3/c1-9-5-6-10(2)15-14(9)12(4)16(21-15)17(20)18-8-13-7-11(3)19-22-13/h5-6,13H,7-8H2,1-4H3,(H,18,20). The van der Waals surface area contributed by atoms with Gasteiger partial charge in [0.1, 0.15) is 11.7 Å². The van der Waals surface area contributed by atoms with E-state index in [2.05, 4.69) is 10.5 Å². The number of furan rings is 1. The Morgan fingerprint density at radius 2 is 2.00 bits per heavy atom. The van der Waals surface area contributed by atoms with Gasteiger partial charge in [0, 0.05) is 17.4 Å². The largest absolute Gasteiger partial charge is 0.450 e. The van der Waals surface area contributed by atoms with Crippen molar-refractivity contribution in [3.63, 3.8) is 0 Å². The van der Waals surface area contributed by atoms with E-state index in [1.54, 1.807) is 0 Å². The zero-order chi connectivity index (χ0) is 15.9. The van der Waals surface area contributed by atoms with Crippen molar-refractivity contribution in [1.82, 2.24) is 5.32 Å². The third-order valence-corrected chi connectivity index (χ3v) is 4.06. The first-order chi connectivity index (χ1) is 10.5. The lowest BCUT2D eigenvalue weighted by Gasteiger charge is -2.08. The van der Waals surface area contributed by atoms with Crippen molar-refractivity contribution < 1.29 is 14.0 Å². The lowest BCUT2D eigenvalue weighted by Crippen LogP contribution is -2.32. The van der Waals surface area contributed by atoms with Crippen LogP contribution in [-0.4, -0.2) is 24.3 Å². The molecule has 1 aromatic heterocycles. The van der Waals surface area contributed by atoms with Crippen LogP contribution < -0.4 is 5.32 Å². The molecule has 0 spiro atoms. The predicted molar refractivity (Wildman–Crippen MR) is 85.4 cm³/mol. The summed E-state index contributed by atoms with van der Waals surface area (Å²) in [4.78, 5) is 17.6. The molecule has 1 atom stereocenters. The number of hydrogen-bond donors (Lipinski definition) is 1. The van der Waals surface area contributed by atoms with Gasteiger partial charge in [0.05, 0.1) is 12.3 Å². The smallest absolute Gasteiger partial charge is 0.287 e. The molecule has 1 aliphatic rings. The molecule has 22 heavy (non-hydrogen) atoms. The number of carbonyl (C=O) groups excluding carboxylic acids is 1. The summed E-state index contributed by atoms with van der Waals surface area (Å²) in [6.07, 6.45) is 0.662. The molecule has 5 heteroatoms. The van der Waals surface area contributed by atoms with Crippen molar-refractivity contribution in [2.75, 3.05) is 6.54 Å². The SMILES string of the molecule is CC1=NOC(CNC(=O)c2oc3c(C)ccc(C)c3c2C)C1. The normalized spacial score (nSPS) is 17.5. The summed E-state index contributed by atoms with van der Waals surface area (Å²) < 4.78 is 5.83. The summed E-state index contributed by atoms with van der Waals surface area (Å²) in [6.45, 7) is 8.27. The number of nitrogens with one attached hydrogen (secondary N) is 1. The molecule has 1 amide bonds. The van der Waals surface area contributed by atoms with Crippen molar-refractivity contribution in [3.8, 4) is 0 Å². The third kappa shape index (κ3) is 2.47. The fraction of sp³-hybridized carbons (Fsp3) is 0.412. The van der Waals surface area contributed by atoms with E-state index in [1.165, 1.54) is 0 Å². The van der Waals surface area contributed by atoms with E-state index < -0.39 is 0 Å². The van der Waals surface area contributed by atoms with Crippen LogP contribution >= 0.6 is 0 Å². The Balaban J connectivity index is 1.81. The lowest BCUT2D eigenvalue weighted by atomic mass is 10.0. The van der Waals surface area contributed by atoms with Crippen LogP contribution in [0.4, 0.5) is 0 Å². The van der Waals surface area contributed by atoms with E-state index >= 15 is 0 Å². The second-order valence-electron chi connectivity index (χ2n) is 5.93. The van der Waals surface area contributed by atoms with Crippen molar-refractivity contribution in [2.45, 2.75) is 40.2 Å². The average Bonchev–Trinajstić information content (AvgIpc) is 3.05. The summed E-state index contributed by atoms with van der Waals surface area (Å²) in [7, 11) is 0. The predicted octanol–water partition coefficient (Wildman–Crippen LogP) is 3.25. The van der Waals surface area contributed by atoms with Crippen LogP contribution in [0.15, 0.2) is 21.7 Å². The topological polar surface area (TPSA) is 63.8 Å². The first kappa shape index (κ1) is 14.6. The first-order valence-electron chi connectivity index (χ1n) is 7.44. The maximum atomic E-state index is 12.4. The van der Waals surface area contributed by atoms with E-state index in [0.717, 1.165) is 39.8 Å². The van der Waals surface area contributed by atoms with Gasteiger partial charge < -0.3 is 14.6 Å². The molecule has 0 fully saturated rings. The van der Waals surface area contributed by atoms with Crippen molar-refractivity contribution in [1.29, 1.82) is 0 Å². The van der Waals surface area contributed by atoms with E-state index in [-0.39, 0.29) is 12.0 Å². The Labute approximate surface area is 129 Å². The molecule has 3 rings (SSSR count). The van der Waals surface area contributed by atoms with Crippen LogP contribution in [0, 0.1) is 20.8 Å². The minimum atomic E-state index is -0.208. The summed E-state index contributed by atoms with van der Waals surface area (Å²) in [5.41, 5.74) is 4.77. The van der Waals surface area contributed by atoms with Crippen molar-refractivity contribution in [3.05, 3.63) is 34.6 Å². The molecular weight excluding hydrogens is 280 g/mol. The molecule has 0 bridgehead atoms. The van der Waals surface area contributed by atoms with Crippen LogP contribution in [0.25, 0.3) is 11.0 Å². The molecule has 0 saturated heterocycles. The minimum Gasteiger partial charge on any atom is -0.450 e. The zero-order valence-corrected chi connectivity index (χ0v) is 13.3. The summed E-state index contributed by atoms with van der Waals surface area (Å²) in [5, 5.41) is 7.79. The maximum absolute atomic E-state index is 12.4. The number of amides is 1. The minimum absolute atomic E-state index is 0.0860. The summed E-state index contributed by atoms with van der Waals surface area (Å²) in [6, 6.07) is 4.06. The fourth-order valence-electron chi connectivity index (χ4n) is 2.86. The average molecular weight is 300 g/mol. The highest BCUT2D eigenvalue weighted by Gasteiger charge is 2.23. The molecule has 1 aliphatic heterocycles. The molecule has 5 nitrogen and oxygen atoms in total. The van der Waals surface area contributed by atoms with Crippen molar-refractivity contribution >= 4 is 22.6 Å². The number of benzene rings is 1. The maximum Gasteiger partial charge on any atom is 0.287 e. The fourth-order valence-corrected chi connectivity index (χ4v) is 2.86. The monoisotopic (exact) mass is 300 g/mol. The van der Waals surface area contributed by atoms with Gasteiger partial charge in [-0.05, 0) is 38.8 Å². The van der Waals surface area contributed by atoms with Gasteiger partial charge in [-0.15, -0.1) is 0 Å². The number of rotatable bonds is 3. The zero-order valence-electron chi connectivity index (χ0n) is 13.3. The lowest BCUT2D eigenvalue weighted by molar-refractivity contribution is 0.0740. The number of carbonyl (C=O) groups is 1. The Morgan fingerprint density at radius 1 is 1.27 bits per heavy atom. The molecule has 0 aliphatic carbocycles. The van der Waals surface area contributed by atoms with E-state index in [4.69, 9.17) is 9.25 Å². The van der Waals surface area contributed by atoms with Crippen LogP contribution in [0.2, 0.25) is 0 Å². The molecule has 1 unspecified atom stereocenters. The highest BCUT2D eigenvalue weighted by molar-refractivity contribution is 6.00. The molecular formula is C17H20N2O3. The second-order valence-corrected chi connectivity index (χ2v) is 5.93. The van der Waals surface area contributed by atoms with Gasteiger partial charge in [-0.2, -0.15) is 0 Å². The number of fused-ring (bicyclic) bond motifs is 1. The number of hydrogen-bond acceptors (Lipinski definition) is 4. The van der Waals surface area contributed by atoms with Gasteiger partial charge in [-0.3, -0.25) is 4.79 Å². The van der Waals surface area contributed by atoms with Gasteiger partial charge in [-0.25, -0.2) is 0 Å². The highest BCUT2D eigenvalue weighted by atomic mass is 16.6. The molecule has 116 valence electrons. The number of aryl methyl sites for hydroxylation is 3. The van der Waals surface area contributed by atoms with Gasteiger partial charge in [0.25, 0.3) is 5.91 Å². The van der Waals surface area contributed by atoms with Gasteiger partial charge in [0.15, 0.2) is 5.76 Å². The third-order valence-electron chi connectivity index (χ3n) is 4.06. The summed E-state index contributed by atoms with van der Waals surface area (Å²) >= 11 is 0. The number of oxime groups is 1. The summed E-state index contributed by atoms with van der Waals surface area (Å²) in [5.74, 6) is 0.170. The van der Waals surface area contributed by atoms with Crippen molar-refractivity contribution in [2.24, 2.45) is 5.16 Å². The second kappa shape index (κ2) is 5.48. The Hall–Kier alpha value is -2.30. The quantitative estimate of drug-likeness (QED) is 0.946. The van der Waals surface area contributed by atoms with Crippen LogP contribution in [0.1, 0.15) is 40.6 Å².